The third-order valence-corrected chi connectivity index (χ3v) is 6.40. The van der Waals surface area contributed by atoms with E-state index in [0.29, 0.717) is 19.5 Å². The summed E-state index contributed by atoms with van der Waals surface area (Å²) in [7, 11) is -4.78. The molecule has 3 rings (SSSR count). The van der Waals surface area contributed by atoms with E-state index in [1.807, 2.05) is 6.92 Å². The highest BCUT2D eigenvalue weighted by Gasteiger charge is 2.26. The number of hydrogen-bond donors (Lipinski definition) is 1. The van der Waals surface area contributed by atoms with Crippen molar-refractivity contribution < 1.29 is 26.7 Å². The number of esters is 1. The number of alkyl halides is 2. The molecule has 0 saturated heterocycles. The molecule has 10 nitrogen and oxygen atoms in total. The Balaban J connectivity index is 1.88. The van der Waals surface area contributed by atoms with Gasteiger partial charge in [0.2, 0.25) is 9.84 Å². The van der Waals surface area contributed by atoms with E-state index in [0.717, 1.165) is 30.7 Å². The van der Waals surface area contributed by atoms with E-state index in [9.17, 15) is 31.6 Å². The van der Waals surface area contributed by atoms with E-state index in [4.69, 9.17) is 4.74 Å². The summed E-state index contributed by atoms with van der Waals surface area (Å²) in [6.45, 7) is 4.06. The van der Waals surface area contributed by atoms with E-state index >= 15 is 0 Å². The number of aromatic amines is 1. The first-order valence-corrected chi connectivity index (χ1v) is 11.7. The van der Waals surface area contributed by atoms with Crippen molar-refractivity contribution in [2.24, 2.45) is 0 Å². The summed E-state index contributed by atoms with van der Waals surface area (Å²) >= 11 is 0. The third kappa shape index (κ3) is 4.72. The Morgan fingerprint density at radius 2 is 1.82 bits per heavy atom. The number of halogens is 2. The zero-order valence-corrected chi connectivity index (χ0v) is 18.7. The van der Waals surface area contributed by atoms with Crippen LogP contribution in [0.2, 0.25) is 0 Å². The van der Waals surface area contributed by atoms with Crippen LogP contribution in [0.1, 0.15) is 42.9 Å². The Kier molecular flexibility index (Phi) is 7.10. The van der Waals surface area contributed by atoms with E-state index in [1.165, 1.54) is 9.13 Å². The Morgan fingerprint density at radius 1 is 1.15 bits per heavy atom. The van der Waals surface area contributed by atoms with Crippen LogP contribution in [0.25, 0.3) is 11.2 Å². The molecule has 1 N–H and O–H groups in total. The maximum atomic E-state index is 12.6. The van der Waals surface area contributed by atoms with Gasteiger partial charge < -0.3 is 9.30 Å². The fraction of sp³-hybridized carbons (Fsp3) is 0.400. The molecule has 0 saturated carbocycles. The maximum absolute atomic E-state index is 12.6. The lowest BCUT2D eigenvalue weighted by Crippen LogP contribution is -2.31. The summed E-state index contributed by atoms with van der Waals surface area (Å²) in [4.78, 5) is 43.0. The number of carbonyl (C=O) groups is 1. The SMILES string of the molecule is CCCCn1c(=O)[nH]c(=O)c2c1nc(COC(=O)c1ccc(S(=O)(=O)C(F)F)cc1)n2CC. The second kappa shape index (κ2) is 9.65. The van der Waals surface area contributed by atoms with Gasteiger partial charge in [-0.15, -0.1) is 0 Å². The van der Waals surface area contributed by atoms with Gasteiger partial charge in [-0.05, 0) is 37.6 Å². The number of aromatic nitrogens is 4. The summed E-state index contributed by atoms with van der Waals surface area (Å²) in [5, 5.41) is 0. The number of nitrogens with zero attached hydrogens (tertiary/aromatic N) is 3. The van der Waals surface area contributed by atoms with Crippen LogP contribution < -0.4 is 11.2 Å². The molecule has 13 heteroatoms. The molecule has 3 aromatic rings. The fourth-order valence-corrected chi connectivity index (χ4v) is 4.01. The van der Waals surface area contributed by atoms with Gasteiger partial charge in [0, 0.05) is 13.1 Å². The first-order chi connectivity index (χ1) is 15.6. The third-order valence-electron chi connectivity index (χ3n) is 5.00. The predicted octanol–water partition coefficient (Wildman–Crippen LogP) is 2.06. The van der Waals surface area contributed by atoms with E-state index in [-0.39, 0.29) is 29.2 Å². The fourth-order valence-electron chi connectivity index (χ4n) is 3.29. The van der Waals surface area contributed by atoms with Crippen LogP contribution in [0.4, 0.5) is 8.78 Å². The van der Waals surface area contributed by atoms with Crippen LogP contribution in [0.3, 0.4) is 0 Å². The predicted molar refractivity (Wildman–Crippen MR) is 114 cm³/mol. The first-order valence-electron chi connectivity index (χ1n) is 10.1. The topological polar surface area (TPSA) is 133 Å². The minimum absolute atomic E-state index is 0.0555. The number of H-pyrrole nitrogens is 1. The zero-order chi connectivity index (χ0) is 24.3. The summed E-state index contributed by atoms with van der Waals surface area (Å²) in [6, 6.07) is 3.91. The van der Waals surface area contributed by atoms with Crippen molar-refractivity contribution in [2.75, 3.05) is 0 Å². The average molecular weight is 484 g/mol. The van der Waals surface area contributed by atoms with E-state index in [2.05, 4.69) is 9.97 Å². The Bertz CT molecular complexity index is 1390. The summed E-state index contributed by atoms with van der Waals surface area (Å²) in [5.74, 6) is -4.18. The van der Waals surface area contributed by atoms with Crippen molar-refractivity contribution in [1.29, 1.82) is 0 Å². The molecule has 178 valence electrons. The highest BCUT2D eigenvalue weighted by Crippen LogP contribution is 2.19. The van der Waals surface area contributed by atoms with Crippen molar-refractivity contribution in [2.45, 2.75) is 57.0 Å². The van der Waals surface area contributed by atoms with Crippen molar-refractivity contribution in [3.8, 4) is 0 Å². The highest BCUT2D eigenvalue weighted by atomic mass is 32.2. The molecule has 0 radical (unpaired) electrons. The van der Waals surface area contributed by atoms with Gasteiger partial charge in [-0.1, -0.05) is 13.3 Å². The number of imidazole rings is 1. The van der Waals surface area contributed by atoms with Crippen LogP contribution in [0.15, 0.2) is 38.8 Å². The number of nitrogens with one attached hydrogen (secondary N) is 1. The number of benzene rings is 1. The quantitative estimate of drug-likeness (QED) is 0.460. The first kappa shape index (κ1) is 24.3. The van der Waals surface area contributed by atoms with Crippen molar-refractivity contribution in [3.63, 3.8) is 0 Å². The molecule has 0 fully saturated rings. The molecule has 0 aliphatic carbocycles. The molecular weight excluding hydrogens is 462 g/mol. The van der Waals surface area contributed by atoms with Gasteiger partial charge in [0.05, 0.1) is 10.5 Å². The number of fused-ring (bicyclic) bond motifs is 1. The number of hydrogen-bond acceptors (Lipinski definition) is 7. The number of unbranched alkanes of at least 4 members (excludes halogenated alkanes) is 1. The lowest BCUT2D eigenvalue weighted by Gasteiger charge is -2.08. The number of ether oxygens (including phenoxy) is 1. The van der Waals surface area contributed by atoms with Crippen molar-refractivity contribution >= 4 is 27.0 Å². The minimum Gasteiger partial charge on any atom is -0.454 e. The van der Waals surface area contributed by atoms with E-state index in [1.54, 1.807) is 6.92 Å². The minimum atomic E-state index is -4.78. The molecule has 0 unspecified atom stereocenters. The number of sulfone groups is 1. The van der Waals surface area contributed by atoms with Crippen LogP contribution in [-0.2, 0) is 34.3 Å². The summed E-state index contributed by atoms with van der Waals surface area (Å²) in [6.07, 6.45) is 1.52. The van der Waals surface area contributed by atoms with Crippen LogP contribution in [-0.4, -0.2) is 39.2 Å². The molecule has 2 heterocycles. The zero-order valence-electron chi connectivity index (χ0n) is 17.9. The van der Waals surface area contributed by atoms with Crippen molar-refractivity contribution in [1.82, 2.24) is 19.1 Å². The average Bonchev–Trinajstić information content (AvgIpc) is 3.16. The Morgan fingerprint density at radius 3 is 2.39 bits per heavy atom. The lowest BCUT2D eigenvalue weighted by molar-refractivity contribution is 0.0458. The molecule has 0 aliphatic heterocycles. The smallest absolute Gasteiger partial charge is 0.341 e. The van der Waals surface area contributed by atoms with Gasteiger partial charge in [0.1, 0.15) is 12.4 Å². The number of carbonyl (C=O) groups excluding carboxylic acids is 1. The lowest BCUT2D eigenvalue weighted by atomic mass is 10.2. The standard InChI is InChI=1S/C20H22F2N4O6S/c1-3-5-10-26-16-15(17(27)24-20(26)29)25(4-2)14(23-16)11-32-18(28)12-6-8-13(9-7-12)33(30,31)19(21)22/h6-9,19H,3-5,10-11H2,1-2H3,(H,24,27,29). The molecule has 0 aliphatic rings. The summed E-state index contributed by atoms with van der Waals surface area (Å²) in [5.41, 5.74) is -0.873. The largest absolute Gasteiger partial charge is 0.454 e. The maximum Gasteiger partial charge on any atom is 0.341 e. The van der Waals surface area contributed by atoms with Gasteiger partial charge in [0.25, 0.3) is 5.56 Å². The van der Waals surface area contributed by atoms with Gasteiger partial charge in [0.15, 0.2) is 11.2 Å². The molecule has 0 bridgehead atoms. The van der Waals surface area contributed by atoms with Crippen LogP contribution >= 0.6 is 0 Å². The summed E-state index contributed by atoms with van der Waals surface area (Å²) < 4.78 is 56.4. The van der Waals surface area contributed by atoms with Gasteiger partial charge in [-0.2, -0.15) is 8.78 Å². The molecule has 33 heavy (non-hydrogen) atoms. The van der Waals surface area contributed by atoms with Crippen molar-refractivity contribution in [3.05, 3.63) is 56.5 Å². The molecule has 2 aromatic heterocycles. The molecule has 0 amide bonds. The van der Waals surface area contributed by atoms with Gasteiger partial charge in [-0.3, -0.25) is 14.3 Å². The Hall–Kier alpha value is -3.35. The monoisotopic (exact) mass is 484 g/mol. The normalized spacial score (nSPS) is 11.9. The molecule has 1 aromatic carbocycles. The van der Waals surface area contributed by atoms with Gasteiger partial charge in [-0.25, -0.2) is 23.0 Å². The van der Waals surface area contributed by atoms with Crippen LogP contribution in [0, 0.1) is 0 Å². The Labute approximate surface area is 186 Å². The van der Waals surface area contributed by atoms with Crippen LogP contribution in [0.5, 0.6) is 0 Å². The second-order valence-electron chi connectivity index (χ2n) is 7.12. The molecule has 0 atom stereocenters. The second-order valence-corrected chi connectivity index (χ2v) is 9.03. The molecule has 0 spiro atoms. The number of aryl methyl sites for hydroxylation is 2. The van der Waals surface area contributed by atoms with Gasteiger partial charge >= 0.3 is 17.4 Å². The number of rotatable bonds is 9. The molecular formula is C20H22F2N4O6S. The van der Waals surface area contributed by atoms with E-state index < -0.39 is 37.7 Å². The highest BCUT2D eigenvalue weighted by molar-refractivity contribution is 7.91.